The largest absolute Gasteiger partial charge is 0.399 e. The molecule has 0 unspecified atom stereocenters. The Morgan fingerprint density at radius 3 is 2.85 bits per heavy atom. The van der Waals surface area contributed by atoms with Gasteiger partial charge in [-0.05, 0) is 30.7 Å². The molecule has 0 fully saturated rings. The summed E-state index contributed by atoms with van der Waals surface area (Å²) in [5.41, 5.74) is 8.06. The monoisotopic (exact) mass is 292 g/mol. The minimum Gasteiger partial charge on any atom is -0.399 e. The number of fused-ring (bicyclic) bond motifs is 1. The van der Waals surface area contributed by atoms with E-state index in [1.807, 2.05) is 23.0 Å². The first-order chi connectivity index (χ1) is 9.47. The topological polar surface area (TPSA) is 81.2 Å². The van der Waals surface area contributed by atoms with E-state index in [0.29, 0.717) is 24.3 Å². The molecule has 0 aliphatic carbocycles. The summed E-state index contributed by atoms with van der Waals surface area (Å²) in [5.74, 6) is 0. The minimum atomic E-state index is -3.28. The quantitative estimate of drug-likeness (QED) is 0.844. The third kappa shape index (κ3) is 2.14. The van der Waals surface area contributed by atoms with Gasteiger partial charge in [0.05, 0.1) is 18.0 Å². The molecule has 0 saturated heterocycles. The highest BCUT2D eigenvalue weighted by atomic mass is 32.2. The molecule has 2 aromatic rings. The fraction of sp³-hybridized carbons (Fsp3) is 0.308. The number of rotatable bonds is 2. The molecule has 0 saturated carbocycles. The first-order valence-electron chi connectivity index (χ1n) is 6.33. The lowest BCUT2D eigenvalue weighted by Crippen LogP contribution is -2.37. The number of benzene rings is 1. The highest BCUT2D eigenvalue weighted by Gasteiger charge is 2.31. The molecule has 0 amide bonds. The van der Waals surface area contributed by atoms with Crippen LogP contribution < -0.4 is 10.0 Å². The predicted molar refractivity (Wildman–Crippen MR) is 78.0 cm³/mol. The molecule has 1 aliphatic heterocycles. The second-order valence-corrected chi connectivity index (χ2v) is 6.85. The van der Waals surface area contributed by atoms with Crippen molar-refractivity contribution in [3.8, 4) is 0 Å². The molecule has 2 N–H and O–H groups in total. The molecule has 1 aliphatic rings. The van der Waals surface area contributed by atoms with Crippen LogP contribution in [0.15, 0.2) is 36.7 Å². The van der Waals surface area contributed by atoms with Gasteiger partial charge in [0.1, 0.15) is 0 Å². The first-order valence-corrected chi connectivity index (χ1v) is 8.18. The fourth-order valence-corrected chi connectivity index (χ4v) is 3.63. The zero-order chi connectivity index (χ0) is 14.3. The molecule has 6 nitrogen and oxygen atoms in total. The summed E-state index contributed by atoms with van der Waals surface area (Å²) in [5, 5.41) is 4.26. The lowest BCUT2D eigenvalue weighted by atomic mass is 9.97. The Kier molecular flexibility index (Phi) is 2.93. The number of anilines is 2. The van der Waals surface area contributed by atoms with Crippen molar-refractivity contribution in [2.24, 2.45) is 0 Å². The Labute approximate surface area is 117 Å². The summed E-state index contributed by atoms with van der Waals surface area (Å²) in [7, 11) is -3.28. The van der Waals surface area contributed by atoms with Gasteiger partial charge in [0, 0.05) is 30.2 Å². The van der Waals surface area contributed by atoms with Crippen molar-refractivity contribution in [2.75, 3.05) is 22.8 Å². The molecule has 20 heavy (non-hydrogen) atoms. The summed E-state index contributed by atoms with van der Waals surface area (Å²) in [6, 6.07) is 7.19. The van der Waals surface area contributed by atoms with Gasteiger partial charge in [-0.1, -0.05) is 0 Å². The lowest BCUT2D eigenvalue weighted by molar-refractivity contribution is 0.480. The van der Waals surface area contributed by atoms with Gasteiger partial charge in [-0.25, -0.2) is 8.42 Å². The molecule has 3 rings (SSSR count). The molecule has 2 heterocycles. The normalized spacial score (nSPS) is 18.9. The van der Waals surface area contributed by atoms with Crippen LogP contribution in [-0.4, -0.2) is 31.0 Å². The summed E-state index contributed by atoms with van der Waals surface area (Å²) >= 11 is 0. The number of nitrogen functional groups attached to an aromatic ring is 1. The van der Waals surface area contributed by atoms with E-state index in [1.54, 1.807) is 18.3 Å². The van der Waals surface area contributed by atoms with Crippen LogP contribution in [0.25, 0.3) is 0 Å². The van der Waals surface area contributed by atoms with E-state index in [2.05, 4.69) is 5.10 Å². The molecule has 0 spiro atoms. The molecule has 7 heteroatoms. The zero-order valence-corrected chi connectivity index (χ0v) is 11.9. The predicted octanol–water partition coefficient (Wildman–Crippen LogP) is 1.22. The maximum absolute atomic E-state index is 11.9. The number of nitrogens with zero attached hydrogens (tertiary/aromatic N) is 3. The lowest BCUT2D eigenvalue weighted by Gasteiger charge is -2.34. The summed E-state index contributed by atoms with van der Waals surface area (Å²) in [6.07, 6.45) is 5.50. The smallest absolute Gasteiger partial charge is 0.232 e. The Bertz CT molecular complexity index is 725. The van der Waals surface area contributed by atoms with Gasteiger partial charge in [0.2, 0.25) is 10.0 Å². The second-order valence-electron chi connectivity index (χ2n) is 4.94. The molecule has 106 valence electrons. The van der Waals surface area contributed by atoms with E-state index in [-0.39, 0.29) is 6.04 Å². The van der Waals surface area contributed by atoms with Crippen molar-refractivity contribution in [3.05, 3.63) is 42.2 Å². The maximum Gasteiger partial charge on any atom is 0.232 e. The van der Waals surface area contributed by atoms with E-state index in [9.17, 15) is 8.42 Å². The molecule has 0 radical (unpaired) electrons. The van der Waals surface area contributed by atoms with Crippen molar-refractivity contribution in [1.82, 2.24) is 9.78 Å². The highest BCUT2D eigenvalue weighted by Crippen LogP contribution is 2.38. The van der Waals surface area contributed by atoms with E-state index in [4.69, 9.17) is 5.73 Å². The number of hydrogen-bond acceptors (Lipinski definition) is 4. The standard InChI is InChI=1S/C13H16N4O2S/c1-20(18,19)17-8-5-12(16-7-2-6-15-16)11-9-10(14)3-4-13(11)17/h2-4,6-7,9,12H,5,8,14H2,1H3/t12-/m0/s1. The van der Waals surface area contributed by atoms with Gasteiger partial charge in [0.15, 0.2) is 0 Å². The third-order valence-electron chi connectivity index (χ3n) is 3.53. The van der Waals surface area contributed by atoms with Crippen LogP contribution in [0.1, 0.15) is 18.0 Å². The number of hydrogen-bond donors (Lipinski definition) is 1. The molecule has 1 atom stereocenters. The van der Waals surface area contributed by atoms with Crippen LogP contribution >= 0.6 is 0 Å². The van der Waals surface area contributed by atoms with Gasteiger partial charge in [-0.15, -0.1) is 0 Å². The first kappa shape index (κ1) is 13.0. The summed E-state index contributed by atoms with van der Waals surface area (Å²) in [6.45, 7) is 0.445. The van der Waals surface area contributed by atoms with Crippen LogP contribution in [-0.2, 0) is 10.0 Å². The Balaban J connectivity index is 2.15. The number of aromatic nitrogens is 2. The fourth-order valence-electron chi connectivity index (χ4n) is 2.67. The van der Waals surface area contributed by atoms with Crippen LogP contribution in [0, 0.1) is 0 Å². The Morgan fingerprint density at radius 2 is 2.20 bits per heavy atom. The van der Waals surface area contributed by atoms with Crippen molar-refractivity contribution in [1.29, 1.82) is 0 Å². The molecular formula is C13H16N4O2S. The van der Waals surface area contributed by atoms with Crippen LogP contribution in [0.5, 0.6) is 0 Å². The third-order valence-corrected chi connectivity index (χ3v) is 4.71. The van der Waals surface area contributed by atoms with E-state index in [0.717, 1.165) is 5.56 Å². The van der Waals surface area contributed by atoms with Crippen LogP contribution in [0.2, 0.25) is 0 Å². The maximum atomic E-state index is 11.9. The van der Waals surface area contributed by atoms with E-state index in [1.165, 1.54) is 10.6 Å². The summed E-state index contributed by atoms with van der Waals surface area (Å²) < 4.78 is 27.1. The van der Waals surface area contributed by atoms with Crippen LogP contribution in [0.4, 0.5) is 11.4 Å². The van der Waals surface area contributed by atoms with Crippen molar-refractivity contribution in [2.45, 2.75) is 12.5 Å². The van der Waals surface area contributed by atoms with Gasteiger partial charge in [-0.2, -0.15) is 5.10 Å². The number of nitrogens with two attached hydrogens (primary N) is 1. The van der Waals surface area contributed by atoms with E-state index >= 15 is 0 Å². The molecular weight excluding hydrogens is 276 g/mol. The highest BCUT2D eigenvalue weighted by molar-refractivity contribution is 7.92. The van der Waals surface area contributed by atoms with Crippen molar-refractivity contribution < 1.29 is 8.42 Å². The van der Waals surface area contributed by atoms with Gasteiger partial charge in [0.25, 0.3) is 0 Å². The van der Waals surface area contributed by atoms with Crippen LogP contribution in [0.3, 0.4) is 0 Å². The molecule has 0 bridgehead atoms. The van der Waals surface area contributed by atoms with Gasteiger partial charge < -0.3 is 5.73 Å². The number of sulfonamides is 1. The summed E-state index contributed by atoms with van der Waals surface area (Å²) in [4.78, 5) is 0. The van der Waals surface area contributed by atoms with Crippen molar-refractivity contribution in [3.63, 3.8) is 0 Å². The average molecular weight is 292 g/mol. The minimum absolute atomic E-state index is 0.0153. The zero-order valence-electron chi connectivity index (χ0n) is 11.1. The average Bonchev–Trinajstić information content (AvgIpc) is 2.89. The van der Waals surface area contributed by atoms with E-state index < -0.39 is 10.0 Å². The molecule has 1 aromatic heterocycles. The second kappa shape index (κ2) is 4.52. The Morgan fingerprint density at radius 1 is 1.40 bits per heavy atom. The van der Waals surface area contributed by atoms with Gasteiger partial charge >= 0.3 is 0 Å². The van der Waals surface area contributed by atoms with Gasteiger partial charge in [-0.3, -0.25) is 8.99 Å². The molecule has 1 aromatic carbocycles. The SMILES string of the molecule is CS(=O)(=O)N1CC[C@H](n2cccn2)c2cc(N)ccc21. The van der Waals surface area contributed by atoms with Crippen molar-refractivity contribution >= 4 is 21.4 Å². The Hall–Kier alpha value is -2.02.